The summed E-state index contributed by atoms with van der Waals surface area (Å²) < 4.78 is 5.70. The third-order valence-corrected chi connectivity index (χ3v) is 5.75. The molecule has 2 fully saturated rings. The summed E-state index contributed by atoms with van der Waals surface area (Å²) in [5.41, 5.74) is 5.34. The molecule has 0 bridgehead atoms. The van der Waals surface area contributed by atoms with Crippen LogP contribution in [0.15, 0.2) is 0 Å². The van der Waals surface area contributed by atoms with Crippen LogP contribution in [0.3, 0.4) is 0 Å². The first-order chi connectivity index (χ1) is 9.70. The average molecular weight is 333 g/mol. The lowest BCUT2D eigenvalue weighted by Gasteiger charge is -2.58. The maximum absolute atomic E-state index is 12.7. The molecule has 0 spiro atoms. The molecule has 4 nitrogen and oxygen atoms in total. The topological polar surface area (TPSA) is 64.3 Å². The molecule has 0 heterocycles. The van der Waals surface area contributed by atoms with Crippen molar-refractivity contribution in [2.24, 2.45) is 23.0 Å². The molecule has 1 amide bonds. The van der Waals surface area contributed by atoms with Gasteiger partial charge in [-0.1, -0.05) is 27.7 Å². The fourth-order valence-corrected chi connectivity index (χ4v) is 4.20. The van der Waals surface area contributed by atoms with Gasteiger partial charge in [0.25, 0.3) is 0 Å². The Morgan fingerprint density at radius 1 is 1.23 bits per heavy atom. The van der Waals surface area contributed by atoms with Gasteiger partial charge in [-0.15, -0.1) is 12.4 Å². The highest BCUT2D eigenvalue weighted by molar-refractivity contribution is 5.89. The Kier molecular flexibility index (Phi) is 6.33. The zero-order valence-corrected chi connectivity index (χ0v) is 15.5. The molecule has 3 N–H and O–H groups in total. The van der Waals surface area contributed by atoms with E-state index in [1.807, 2.05) is 20.8 Å². The lowest BCUT2D eigenvalue weighted by molar-refractivity contribution is -0.171. The van der Waals surface area contributed by atoms with Crippen LogP contribution in [0.4, 0.5) is 0 Å². The molecule has 0 aromatic heterocycles. The van der Waals surface area contributed by atoms with Crippen molar-refractivity contribution in [3.63, 3.8) is 0 Å². The molecule has 130 valence electrons. The van der Waals surface area contributed by atoms with Gasteiger partial charge in [-0.05, 0) is 38.0 Å². The van der Waals surface area contributed by atoms with E-state index in [-0.39, 0.29) is 35.9 Å². The second kappa shape index (κ2) is 7.06. The Morgan fingerprint density at radius 2 is 1.77 bits per heavy atom. The van der Waals surface area contributed by atoms with Crippen LogP contribution in [0.25, 0.3) is 0 Å². The van der Waals surface area contributed by atoms with Crippen molar-refractivity contribution in [1.82, 2.24) is 5.32 Å². The van der Waals surface area contributed by atoms with Gasteiger partial charge in [-0.2, -0.15) is 0 Å². The van der Waals surface area contributed by atoms with E-state index >= 15 is 0 Å². The van der Waals surface area contributed by atoms with Crippen molar-refractivity contribution in [1.29, 1.82) is 0 Å². The van der Waals surface area contributed by atoms with Crippen LogP contribution in [0.1, 0.15) is 60.3 Å². The normalized spacial score (nSPS) is 40.3. The Bertz CT molecular complexity index is 392. The first kappa shape index (κ1) is 19.7. The predicted molar refractivity (Wildman–Crippen MR) is 92.1 cm³/mol. The summed E-state index contributed by atoms with van der Waals surface area (Å²) in [7, 11) is 0. The fourth-order valence-electron chi connectivity index (χ4n) is 4.20. The van der Waals surface area contributed by atoms with Crippen LogP contribution in [-0.2, 0) is 9.53 Å². The quantitative estimate of drug-likeness (QED) is 0.832. The van der Waals surface area contributed by atoms with Crippen molar-refractivity contribution in [3.05, 3.63) is 0 Å². The summed E-state index contributed by atoms with van der Waals surface area (Å²) in [5, 5.41) is 3.22. The van der Waals surface area contributed by atoms with E-state index in [4.69, 9.17) is 10.5 Å². The molecule has 4 unspecified atom stereocenters. The van der Waals surface area contributed by atoms with Gasteiger partial charge >= 0.3 is 0 Å². The van der Waals surface area contributed by atoms with Gasteiger partial charge in [-0.25, -0.2) is 0 Å². The Hall–Kier alpha value is -0.320. The number of halogens is 1. The molecule has 4 atom stereocenters. The van der Waals surface area contributed by atoms with Crippen molar-refractivity contribution >= 4 is 18.3 Å². The van der Waals surface area contributed by atoms with Gasteiger partial charge in [0.15, 0.2) is 0 Å². The molecule has 2 aliphatic carbocycles. The van der Waals surface area contributed by atoms with Crippen molar-refractivity contribution in [3.8, 4) is 0 Å². The number of hydrogen-bond acceptors (Lipinski definition) is 3. The lowest BCUT2D eigenvalue weighted by atomic mass is 9.54. The van der Waals surface area contributed by atoms with E-state index in [1.54, 1.807) is 0 Å². The van der Waals surface area contributed by atoms with Crippen molar-refractivity contribution < 1.29 is 9.53 Å². The summed E-state index contributed by atoms with van der Waals surface area (Å²) >= 11 is 0. The molecule has 22 heavy (non-hydrogen) atoms. The van der Waals surface area contributed by atoms with Gasteiger partial charge in [0.1, 0.15) is 5.54 Å². The number of ether oxygens (including phenoxy) is 1. The molecule has 0 aromatic rings. The molecule has 0 aromatic carbocycles. The maximum atomic E-state index is 12.7. The Morgan fingerprint density at radius 3 is 2.23 bits per heavy atom. The highest BCUT2D eigenvalue weighted by Gasteiger charge is 2.63. The summed E-state index contributed by atoms with van der Waals surface area (Å²) in [4.78, 5) is 12.7. The summed E-state index contributed by atoms with van der Waals surface area (Å²) in [6, 6.07) is 0.276. The third-order valence-electron chi connectivity index (χ3n) is 5.75. The largest absolute Gasteiger partial charge is 0.378 e. The summed E-state index contributed by atoms with van der Waals surface area (Å²) in [6.45, 7) is 11.3. The van der Waals surface area contributed by atoms with Gasteiger partial charge < -0.3 is 15.8 Å². The van der Waals surface area contributed by atoms with Crippen LogP contribution in [0.2, 0.25) is 0 Å². The molecular formula is C17H33ClN2O2. The van der Waals surface area contributed by atoms with Gasteiger partial charge in [-0.3, -0.25) is 4.79 Å². The number of carbonyl (C=O) groups excluding carboxylic acids is 1. The lowest BCUT2D eigenvalue weighted by Crippen LogP contribution is -2.76. The second-order valence-electron chi connectivity index (χ2n) is 7.93. The molecule has 0 aliphatic heterocycles. The zero-order valence-electron chi connectivity index (χ0n) is 14.6. The van der Waals surface area contributed by atoms with Gasteiger partial charge in [0.2, 0.25) is 5.91 Å². The van der Waals surface area contributed by atoms with Crippen molar-refractivity contribution in [2.45, 2.75) is 78.0 Å². The molecule has 2 saturated carbocycles. The van der Waals surface area contributed by atoms with Gasteiger partial charge in [0.05, 0.1) is 6.10 Å². The van der Waals surface area contributed by atoms with E-state index in [9.17, 15) is 4.79 Å². The number of nitrogens with two attached hydrogens (primary N) is 1. The second-order valence-corrected chi connectivity index (χ2v) is 7.93. The van der Waals surface area contributed by atoms with E-state index in [2.05, 4.69) is 19.2 Å². The van der Waals surface area contributed by atoms with E-state index in [0.29, 0.717) is 24.9 Å². The Labute approximate surface area is 141 Å². The van der Waals surface area contributed by atoms with Gasteiger partial charge in [0, 0.05) is 24.5 Å². The summed E-state index contributed by atoms with van der Waals surface area (Å²) in [6.07, 6.45) is 4.11. The first-order valence-corrected chi connectivity index (χ1v) is 8.42. The number of carbonyl (C=O) groups is 1. The van der Waals surface area contributed by atoms with E-state index < -0.39 is 5.54 Å². The molecular weight excluding hydrogens is 300 g/mol. The van der Waals surface area contributed by atoms with Crippen LogP contribution < -0.4 is 11.1 Å². The standard InChI is InChI=1S/C17H32N2O2.ClH/c1-6-21-14-10-17(18,16(14,4)5)15(20)19-13-8-11(2)7-12(3)9-13;/h11-14H,6-10,18H2,1-5H3,(H,19,20);1H. The van der Waals surface area contributed by atoms with Crippen LogP contribution in [-0.4, -0.2) is 30.2 Å². The van der Waals surface area contributed by atoms with Crippen LogP contribution >= 0.6 is 12.4 Å². The molecule has 5 heteroatoms. The van der Waals surface area contributed by atoms with Crippen LogP contribution in [0, 0.1) is 17.3 Å². The van der Waals surface area contributed by atoms with E-state index in [1.165, 1.54) is 6.42 Å². The maximum Gasteiger partial charge on any atom is 0.241 e. The molecule has 2 rings (SSSR count). The smallest absolute Gasteiger partial charge is 0.241 e. The average Bonchev–Trinajstić information content (AvgIpc) is 2.36. The highest BCUT2D eigenvalue weighted by Crippen LogP contribution is 2.50. The number of nitrogens with one attached hydrogen (secondary N) is 1. The summed E-state index contributed by atoms with van der Waals surface area (Å²) in [5.74, 6) is 1.37. The molecule has 0 saturated heterocycles. The Balaban J connectivity index is 0.00000242. The zero-order chi connectivity index (χ0) is 15.8. The van der Waals surface area contributed by atoms with Crippen LogP contribution in [0.5, 0.6) is 0 Å². The van der Waals surface area contributed by atoms with Crippen molar-refractivity contribution in [2.75, 3.05) is 6.61 Å². The minimum atomic E-state index is -0.795. The minimum Gasteiger partial charge on any atom is -0.378 e. The first-order valence-electron chi connectivity index (χ1n) is 8.42. The SMILES string of the molecule is CCOC1CC(N)(C(=O)NC2CC(C)CC(C)C2)C1(C)C.Cl. The number of rotatable bonds is 4. The monoisotopic (exact) mass is 332 g/mol. The highest BCUT2D eigenvalue weighted by atomic mass is 35.5. The number of amides is 1. The number of hydrogen-bond donors (Lipinski definition) is 2. The van der Waals surface area contributed by atoms with E-state index in [0.717, 1.165) is 12.8 Å². The molecule has 2 aliphatic rings. The fraction of sp³-hybridized carbons (Fsp3) is 0.941. The minimum absolute atomic E-state index is 0. The third kappa shape index (κ3) is 3.44. The predicted octanol–water partition coefficient (Wildman–Crippen LogP) is 2.88. The molecule has 0 radical (unpaired) electrons.